The first kappa shape index (κ1) is 14.8. The normalized spacial score (nSPS) is 10.3. The van der Waals surface area contributed by atoms with Crippen LogP contribution in [0.3, 0.4) is 0 Å². The van der Waals surface area contributed by atoms with Crippen molar-refractivity contribution in [2.24, 2.45) is 0 Å². The summed E-state index contributed by atoms with van der Waals surface area (Å²) in [7, 11) is 2.61. The summed E-state index contributed by atoms with van der Waals surface area (Å²) in [6, 6.07) is 5.40. The fraction of sp³-hybridized carbons (Fsp3) is 0.286. The number of methoxy groups -OCH3 is 2. The highest BCUT2D eigenvalue weighted by molar-refractivity contribution is 5.87. The molecule has 0 aliphatic rings. The summed E-state index contributed by atoms with van der Waals surface area (Å²) in [5.41, 5.74) is 1.66. The van der Waals surface area contributed by atoms with Crippen molar-refractivity contribution in [3.8, 4) is 5.75 Å². The summed E-state index contributed by atoms with van der Waals surface area (Å²) in [6.07, 6.45) is 2.92. The van der Waals surface area contributed by atoms with E-state index in [1.807, 2.05) is 19.1 Å². The minimum atomic E-state index is -0.449. The van der Waals surface area contributed by atoms with Gasteiger partial charge in [-0.3, -0.25) is 0 Å². The molecule has 0 N–H and O–H groups in total. The predicted octanol–water partition coefficient (Wildman–Crippen LogP) is 1.73. The number of benzene rings is 1. The lowest BCUT2D eigenvalue weighted by molar-refractivity contribution is -0.143. The van der Waals surface area contributed by atoms with Crippen LogP contribution in [0.15, 0.2) is 24.3 Å². The van der Waals surface area contributed by atoms with Gasteiger partial charge >= 0.3 is 11.9 Å². The van der Waals surface area contributed by atoms with Gasteiger partial charge in [0.15, 0.2) is 6.61 Å². The van der Waals surface area contributed by atoms with Crippen LogP contribution in [0.4, 0.5) is 0 Å². The van der Waals surface area contributed by atoms with E-state index in [2.05, 4.69) is 9.47 Å². The second-order valence-corrected chi connectivity index (χ2v) is 3.75. The quantitative estimate of drug-likeness (QED) is 0.598. The molecule has 0 spiro atoms. The van der Waals surface area contributed by atoms with Crippen LogP contribution in [-0.2, 0) is 19.1 Å². The van der Waals surface area contributed by atoms with Crippen molar-refractivity contribution < 1.29 is 23.8 Å². The molecule has 19 heavy (non-hydrogen) atoms. The largest absolute Gasteiger partial charge is 0.482 e. The van der Waals surface area contributed by atoms with E-state index in [4.69, 9.17) is 4.74 Å². The average Bonchev–Trinajstić information content (AvgIpc) is 2.44. The van der Waals surface area contributed by atoms with Crippen LogP contribution in [0.25, 0.3) is 6.08 Å². The van der Waals surface area contributed by atoms with E-state index in [1.165, 1.54) is 20.3 Å². The van der Waals surface area contributed by atoms with Gasteiger partial charge in [0.25, 0.3) is 0 Å². The standard InChI is InChI=1S/C14H16O5/c1-10-4-5-11(6-7-13(15)17-2)8-12(10)19-9-14(16)18-3/h4-8H,9H2,1-3H3/b7-6+. The number of aryl methyl sites for hydroxylation is 1. The summed E-state index contributed by atoms with van der Waals surface area (Å²) in [5, 5.41) is 0. The Kier molecular flexibility index (Phi) is 5.60. The van der Waals surface area contributed by atoms with E-state index in [0.717, 1.165) is 11.1 Å². The molecule has 1 aromatic carbocycles. The van der Waals surface area contributed by atoms with Gasteiger partial charge in [-0.1, -0.05) is 12.1 Å². The smallest absolute Gasteiger partial charge is 0.343 e. The molecule has 0 saturated heterocycles. The van der Waals surface area contributed by atoms with Crippen molar-refractivity contribution in [3.05, 3.63) is 35.4 Å². The van der Waals surface area contributed by atoms with Crippen LogP contribution in [-0.4, -0.2) is 32.8 Å². The van der Waals surface area contributed by atoms with Gasteiger partial charge in [0.1, 0.15) is 5.75 Å². The number of hydrogen-bond acceptors (Lipinski definition) is 5. The molecule has 1 rings (SSSR count). The number of ether oxygens (including phenoxy) is 3. The van der Waals surface area contributed by atoms with Gasteiger partial charge in [-0.05, 0) is 30.2 Å². The Labute approximate surface area is 111 Å². The van der Waals surface area contributed by atoms with Gasteiger partial charge in [0.05, 0.1) is 14.2 Å². The molecule has 5 nitrogen and oxygen atoms in total. The third kappa shape index (κ3) is 4.83. The molecular formula is C14H16O5. The fourth-order valence-corrected chi connectivity index (χ4v) is 1.30. The molecule has 102 valence electrons. The summed E-state index contributed by atoms with van der Waals surface area (Å²) in [4.78, 5) is 22.0. The van der Waals surface area contributed by atoms with Gasteiger partial charge < -0.3 is 14.2 Å². The second-order valence-electron chi connectivity index (χ2n) is 3.75. The van der Waals surface area contributed by atoms with E-state index >= 15 is 0 Å². The number of carbonyl (C=O) groups excluding carboxylic acids is 2. The summed E-state index contributed by atoms with van der Waals surface area (Å²) in [6.45, 7) is 1.71. The SMILES string of the molecule is COC(=O)/C=C/c1ccc(C)c(OCC(=O)OC)c1. The molecule has 1 aromatic rings. The zero-order valence-corrected chi connectivity index (χ0v) is 11.1. The van der Waals surface area contributed by atoms with Gasteiger partial charge in [-0.25, -0.2) is 9.59 Å². The minimum Gasteiger partial charge on any atom is -0.482 e. The van der Waals surface area contributed by atoms with Gasteiger partial charge in [0, 0.05) is 6.08 Å². The molecular weight excluding hydrogens is 248 g/mol. The first-order valence-electron chi connectivity index (χ1n) is 5.63. The highest BCUT2D eigenvalue weighted by Crippen LogP contribution is 2.20. The molecule has 0 amide bonds. The Balaban J connectivity index is 2.79. The van der Waals surface area contributed by atoms with Crippen molar-refractivity contribution in [1.29, 1.82) is 0 Å². The van der Waals surface area contributed by atoms with Crippen molar-refractivity contribution in [3.63, 3.8) is 0 Å². The zero-order valence-electron chi connectivity index (χ0n) is 11.1. The highest BCUT2D eigenvalue weighted by Gasteiger charge is 2.05. The molecule has 5 heteroatoms. The van der Waals surface area contributed by atoms with E-state index < -0.39 is 11.9 Å². The van der Waals surface area contributed by atoms with E-state index in [0.29, 0.717) is 5.75 Å². The molecule has 0 saturated carbocycles. The second kappa shape index (κ2) is 7.20. The van der Waals surface area contributed by atoms with Gasteiger partial charge in [0.2, 0.25) is 0 Å². The lowest BCUT2D eigenvalue weighted by Gasteiger charge is -2.08. The Morgan fingerprint density at radius 1 is 1.21 bits per heavy atom. The third-order valence-corrected chi connectivity index (χ3v) is 2.40. The number of carbonyl (C=O) groups is 2. The average molecular weight is 264 g/mol. The van der Waals surface area contributed by atoms with Crippen LogP contribution in [0.2, 0.25) is 0 Å². The van der Waals surface area contributed by atoms with Crippen LogP contribution >= 0.6 is 0 Å². The third-order valence-electron chi connectivity index (χ3n) is 2.40. The monoisotopic (exact) mass is 264 g/mol. The van der Waals surface area contributed by atoms with Crippen LogP contribution in [0, 0.1) is 6.92 Å². The lowest BCUT2D eigenvalue weighted by Crippen LogP contribution is -2.13. The number of esters is 2. The maximum absolute atomic E-state index is 11.0. The molecule has 0 heterocycles. The summed E-state index contributed by atoms with van der Waals surface area (Å²) in [5.74, 6) is -0.315. The molecule has 0 aliphatic carbocycles. The Morgan fingerprint density at radius 3 is 2.58 bits per heavy atom. The Morgan fingerprint density at radius 2 is 1.95 bits per heavy atom. The first-order chi connectivity index (χ1) is 9.06. The number of hydrogen-bond donors (Lipinski definition) is 0. The van der Waals surface area contributed by atoms with E-state index in [-0.39, 0.29) is 6.61 Å². The molecule has 0 atom stereocenters. The summed E-state index contributed by atoms with van der Waals surface area (Å²) >= 11 is 0. The number of rotatable bonds is 5. The van der Waals surface area contributed by atoms with Crippen molar-refractivity contribution in [2.75, 3.05) is 20.8 Å². The lowest BCUT2D eigenvalue weighted by atomic mass is 10.1. The van der Waals surface area contributed by atoms with Crippen LogP contribution in [0.5, 0.6) is 5.75 Å². The van der Waals surface area contributed by atoms with E-state index in [1.54, 1.807) is 12.1 Å². The van der Waals surface area contributed by atoms with Crippen LogP contribution < -0.4 is 4.74 Å². The van der Waals surface area contributed by atoms with Gasteiger partial charge in [-0.2, -0.15) is 0 Å². The topological polar surface area (TPSA) is 61.8 Å². The highest BCUT2D eigenvalue weighted by atomic mass is 16.6. The molecule has 0 aromatic heterocycles. The maximum Gasteiger partial charge on any atom is 0.343 e. The molecule has 0 fully saturated rings. The van der Waals surface area contributed by atoms with Crippen LogP contribution in [0.1, 0.15) is 11.1 Å². The van der Waals surface area contributed by atoms with Crippen molar-refractivity contribution >= 4 is 18.0 Å². The molecule has 0 unspecified atom stereocenters. The maximum atomic E-state index is 11.0. The van der Waals surface area contributed by atoms with Crippen molar-refractivity contribution in [1.82, 2.24) is 0 Å². The predicted molar refractivity (Wildman–Crippen MR) is 69.7 cm³/mol. The minimum absolute atomic E-state index is 0.151. The fourth-order valence-electron chi connectivity index (χ4n) is 1.30. The van der Waals surface area contributed by atoms with E-state index in [9.17, 15) is 9.59 Å². The van der Waals surface area contributed by atoms with Crippen molar-refractivity contribution in [2.45, 2.75) is 6.92 Å². The summed E-state index contributed by atoms with van der Waals surface area (Å²) < 4.78 is 14.3. The van der Waals surface area contributed by atoms with Gasteiger partial charge in [-0.15, -0.1) is 0 Å². The molecule has 0 bridgehead atoms. The Bertz CT molecular complexity index is 491. The Hall–Kier alpha value is -2.30. The molecule has 0 aliphatic heterocycles. The first-order valence-corrected chi connectivity index (χ1v) is 5.63. The zero-order chi connectivity index (χ0) is 14.3. The molecule has 0 radical (unpaired) electrons.